The number of hydrogen-bond acceptors (Lipinski definition) is 5. The molecule has 0 bridgehead atoms. The molecule has 1 N–H and O–H groups in total. The van der Waals surface area contributed by atoms with Crippen molar-refractivity contribution in [3.63, 3.8) is 0 Å². The molecule has 2 aromatic carbocycles. The molecular formula is C23H24F2O5. The van der Waals surface area contributed by atoms with Gasteiger partial charge in [0.25, 0.3) is 0 Å². The number of phenols is 1. The number of ketones is 1. The van der Waals surface area contributed by atoms with Gasteiger partial charge in [0.2, 0.25) is 0 Å². The van der Waals surface area contributed by atoms with Crippen LogP contribution in [0.3, 0.4) is 0 Å². The van der Waals surface area contributed by atoms with E-state index in [1.165, 1.54) is 38.5 Å². The second kappa shape index (κ2) is 10.5. The highest BCUT2D eigenvalue weighted by atomic mass is 19.2. The fourth-order valence-corrected chi connectivity index (χ4v) is 2.71. The molecule has 0 amide bonds. The average molecular weight is 418 g/mol. The van der Waals surface area contributed by atoms with Crippen molar-refractivity contribution in [2.45, 2.75) is 20.3 Å². The van der Waals surface area contributed by atoms with Crippen molar-refractivity contribution in [3.05, 3.63) is 70.3 Å². The molecule has 2 aromatic rings. The van der Waals surface area contributed by atoms with Crippen molar-refractivity contribution < 1.29 is 32.9 Å². The maximum atomic E-state index is 13.4. The van der Waals surface area contributed by atoms with Gasteiger partial charge in [-0.05, 0) is 44.0 Å². The Labute approximate surface area is 174 Å². The molecule has 0 saturated carbocycles. The van der Waals surface area contributed by atoms with Gasteiger partial charge >= 0.3 is 0 Å². The lowest BCUT2D eigenvalue weighted by molar-refractivity contribution is 0.0494. The summed E-state index contributed by atoms with van der Waals surface area (Å²) in [5.41, 5.74) is 1.82. The maximum absolute atomic E-state index is 13.4. The topological polar surface area (TPSA) is 65.0 Å². The molecule has 0 heterocycles. The van der Waals surface area contributed by atoms with Crippen molar-refractivity contribution in [2.75, 3.05) is 21.0 Å². The summed E-state index contributed by atoms with van der Waals surface area (Å²) < 4.78 is 42.4. The fraction of sp³-hybridized carbons (Fsp3) is 0.261. The Bertz CT molecular complexity index is 976. The predicted molar refractivity (Wildman–Crippen MR) is 110 cm³/mol. The van der Waals surface area contributed by atoms with Crippen LogP contribution in [0, 0.1) is 11.6 Å². The SMILES string of the molecule is COCOc1c(CC=C(C)C)c(O)cc(OC)c1C(=O)C=Cc1ccc(F)c(F)c1. The van der Waals surface area contributed by atoms with Gasteiger partial charge in [0.1, 0.15) is 22.8 Å². The molecule has 0 radical (unpaired) electrons. The van der Waals surface area contributed by atoms with Crippen LogP contribution in [0.25, 0.3) is 6.08 Å². The number of hydrogen-bond donors (Lipinski definition) is 1. The zero-order valence-electron chi connectivity index (χ0n) is 17.3. The zero-order chi connectivity index (χ0) is 22.3. The molecule has 0 aliphatic carbocycles. The van der Waals surface area contributed by atoms with Crippen molar-refractivity contribution in [2.24, 2.45) is 0 Å². The highest BCUT2D eigenvalue weighted by Crippen LogP contribution is 2.40. The number of methoxy groups -OCH3 is 2. The minimum absolute atomic E-state index is 0.0864. The molecule has 30 heavy (non-hydrogen) atoms. The third-order valence-electron chi connectivity index (χ3n) is 4.20. The summed E-state index contributed by atoms with van der Waals surface area (Å²) in [4.78, 5) is 13.0. The van der Waals surface area contributed by atoms with E-state index in [4.69, 9.17) is 14.2 Å². The summed E-state index contributed by atoms with van der Waals surface area (Å²) in [6.45, 7) is 3.67. The van der Waals surface area contributed by atoms with Crippen LogP contribution in [0.5, 0.6) is 17.2 Å². The van der Waals surface area contributed by atoms with Crippen LogP contribution in [0.4, 0.5) is 8.78 Å². The molecule has 0 aliphatic rings. The van der Waals surface area contributed by atoms with Gasteiger partial charge in [-0.3, -0.25) is 4.79 Å². The number of allylic oxidation sites excluding steroid dienone is 3. The normalized spacial score (nSPS) is 10.9. The van der Waals surface area contributed by atoms with Crippen molar-refractivity contribution in [1.82, 2.24) is 0 Å². The number of benzene rings is 2. The smallest absolute Gasteiger partial charge is 0.193 e. The van der Waals surface area contributed by atoms with E-state index < -0.39 is 17.4 Å². The van der Waals surface area contributed by atoms with Gasteiger partial charge in [-0.25, -0.2) is 8.78 Å². The van der Waals surface area contributed by atoms with Crippen LogP contribution >= 0.6 is 0 Å². The third-order valence-corrected chi connectivity index (χ3v) is 4.20. The number of halogens is 2. The van der Waals surface area contributed by atoms with Crippen LogP contribution in [0.1, 0.15) is 35.3 Å². The molecule has 0 aromatic heterocycles. The fourth-order valence-electron chi connectivity index (χ4n) is 2.71. The lowest BCUT2D eigenvalue weighted by atomic mass is 9.99. The Kier molecular flexibility index (Phi) is 8.12. The molecule has 160 valence electrons. The van der Waals surface area contributed by atoms with Crippen LogP contribution in [0.2, 0.25) is 0 Å². The summed E-state index contributed by atoms with van der Waals surface area (Å²) in [5.74, 6) is -2.33. The van der Waals surface area contributed by atoms with Crippen molar-refractivity contribution in [3.8, 4) is 17.2 Å². The Hall–Kier alpha value is -3.19. The Morgan fingerprint density at radius 3 is 2.47 bits per heavy atom. The molecule has 5 nitrogen and oxygen atoms in total. The number of rotatable bonds is 9. The molecule has 0 aliphatic heterocycles. The van der Waals surface area contributed by atoms with E-state index in [0.717, 1.165) is 17.7 Å². The maximum Gasteiger partial charge on any atom is 0.193 e. The first kappa shape index (κ1) is 23.1. The summed E-state index contributed by atoms with van der Waals surface area (Å²) >= 11 is 0. The minimum Gasteiger partial charge on any atom is -0.507 e. The van der Waals surface area contributed by atoms with Crippen LogP contribution < -0.4 is 9.47 Å². The lowest BCUT2D eigenvalue weighted by Gasteiger charge is -2.18. The van der Waals surface area contributed by atoms with Crippen LogP contribution in [0.15, 0.2) is 42.0 Å². The summed E-state index contributed by atoms with van der Waals surface area (Å²) in [6, 6.07) is 4.65. The highest BCUT2D eigenvalue weighted by molar-refractivity contribution is 6.11. The molecule has 0 spiro atoms. The molecule has 0 atom stereocenters. The zero-order valence-corrected chi connectivity index (χ0v) is 17.3. The van der Waals surface area contributed by atoms with Crippen LogP contribution in [-0.2, 0) is 11.2 Å². The first-order valence-electron chi connectivity index (χ1n) is 9.13. The van der Waals surface area contributed by atoms with Gasteiger partial charge < -0.3 is 19.3 Å². The van der Waals surface area contributed by atoms with E-state index in [9.17, 15) is 18.7 Å². The van der Waals surface area contributed by atoms with Gasteiger partial charge in [-0.15, -0.1) is 0 Å². The number of ether oxygens (including phenoxy) is 3. The number of aromatic hydroxyl groups is 1. The third kappa shape index (κ3) is 5.67. The highest BCUT2D eigenvalue weighted by Gasteiger charge is 2.24. The molecule has 0 fully saturated rings. The largest absolute Gasteiger partial charge is 0.507 e. The minimum atomic E-state index is -1.01. The Morgan fingerprint density at radius 2 is 1.87 bits per heavy atom. The van der Waals surface area contributed by atoms with E-state index in [-0.39, 0.29) is 29.6 Å². The Balaban J connectivity index is 2.54. The first-order valence-corrected chi connectivity index (χ1v) is 9.13. The predicted octanol–water partition coefficient (Wildman–Crippen LogP) is 5.07. The molecular weight excluding hydrogens is 394 g/mol. The molecule has 2 rings (SSSR count). The van der Waals surface area contributed by atoms with Crippen LogP contribution in [-0.4, -0.2) is 31.9 Å². The quantitative estimate of drug-likeness (QED) is 0.267. The lowest BCUT2D eigenvalue weighted by Crippen LogP contribution is -2.09. The number of phenolic OH excluding ortho intramolecular Hbond substituents is 1. The van der Waals surface area contributed by atoms with E-state index >= 15 is 0 Å². The average Bonchev–Trinajstić information content (AvgIpc) is 2.71. The monoisotopic (exact) mass is 418 g/mol. The van der Waals surface area contributed by atoms with Gasteiger partial charge in [0.05, 0.1) is 7.11 Å². The second-order valence-electron chi connectivity index (χ2n) is 6.69. The molecule has 0 saturated heterocycles. The number of carbonyl (C=O) groups is 1. The van der Waals surface area contributed by atoms with Gasteiger partial charge in [0, 0.05) is 18.7 Å². The first-order chi connectivity index (χ1) is 14.3. The number of carbonyl (C=O) groups excluding carboxylic acids is 1. The summed E-state index contributed by atoms with van der Waals surface area (Å²) in [6.07, 6.45) is 4.76. The van der Waals surface area contributed by atoms with Gasteiger partial charge in [-0.1, -0.05) is 23.8 Å². The summed E-state index contributed by atoms with van der Waals surface area (Å²) in [5, 5.41) is 10.4. The van der Waals surface area contributed by atoms with E-state index in [1.54, 1.807) is 0 Å². The van der Waals surface area contributed by atoms with Crippen molar-refractivity contribution >= 4 is 11.9 Å². The summed E-state index contributed by atoms with van der Waals surface area (Å²) in [7, 11) is 2.79. The Morgan fingerprint density at radius 1 is 1.13 bits per heavy atom. The van der Waals surface area contributed by atoms with Gasteiger partial charge in [0.15, 0.2) is 24.2 Å². The van der Waals surface area contributed by atoms with E-state index in [0.29, 0.717) is 17.5 Å². The van der Waals surface area contributed by atoms with E-state index in [2.05, 4.69) is 0 Å². The second-order valence-corrected chi connectivity index (χ2v) is 6.69. The standard InChI is InChI=1S/C23H24F2O5/c1-14(2)5-8-16-20(27)12-21(29-4)22(23(16)30-13-28-3)19(26)10-7-15-6-9-17(24)18(25)11-15/h5-7,9-12,27H,8,13H2,1-4H3. The van der Waals surface area contributed by atoms with Crippen molar-refractivity contribution in [1.29, 1.82) is 0 Å². The van der Waals surface area contributed by atoms with Gasteiger partial charge in [-0.2, -0.15) is 0 Å². The molecule has 0 unspecified atom stereocenters. The van der Waals surface area contributed by atoms with E-state index in [1.807, 2.05) is 19.9 Å². The molecule has 7 heteroatoms.